The van der Waals surface area contributed by atoms with E-state index in [1.165, 1.54) is 11.3 Å². The van der Waals surface area contributed by atoms with Gasteiger partial charge in [0, 0.05) is 7.05 Å². The molecule has 0 saturated heterocycles. The Labute approximate surface area is 79.2 Å². The SMILES string of the molecule is Cn1/c(=N\C#N)sc2ccccc21. The maximum atomic E-state index is 8.45. The van der Waals surface area contributed by atoms with Gasteiger partial charge in [-0.1, -0.05) is 23.5 Å². The van der Waals surface area contributed by atoms with Crippen molar-refractivity contribution in [3.63, 3.8) is 0 Å². The van der Waals surface area contributed by atoms with Crippen LogP contribution in [0.15, 0.2) is 29.3 Å². The lowest BCUT2D eigenvalue weighted by atomic mass is 10.3. The predicted molar refractivity (Wildman–Crippen MR) is 52.0 cm³/mol. The van der Waals surface area contributed by atoms with Crippen LogP contribution in [0.4, 0.5) is 0 Å². The first-order chi connectivity index (χ1) is 6.33. The Morgan fingerprint density at radius 3 is 2.92 bits per heavy atom. The van der Waals surface area contributed by atoms with Crippen LogP contribution in [0.5, 0.6) is 0 Å². The monoisotopic (exact) mass is 189 g/mol. The van der Waals surface area contributed by atoms with Gasteiger partial charge >= 0.3 is 0 Å². The Kier molecular flexibility index (Phi) is 1.87. The molecule has 2 rings (SSSR count). The summed E-state index contributed by atoms with van der Waals surface area (Å²) in [5.74, 6) is 0. The molecule has 0 radical (unpaired) electrons. The molecular weight excluding hydrogens is 182 g/mol. The fraction of sp³-hybridized carbons (Fsp3) is 0.111. The van der Waals surface area contributed by atoms with Gasteiger partial charge in [0.1, 0.15) is 0 Å². The molecule has 1 aromatic carbocycles. The van der Waals surface area contributed by atoms with Crippen LogP contribution >= 0.6 is 11.3 Å². The van der Waals surface area contributed by atoms with Gasteiger partial charge < -0.3 is 4.57 Å². The first-order valence-electron chi connectivity index (χ1n) is 3.80. The van der Waals surface area contributed by atoms with Gasteiger partial charge in [-0.05, 0) is 12.1 Å². The molecule has 1 heterocycles. The zero-order valence-corrected chi connectivity index (χ0v) is 7.88. The molecule has 0 aliphatic heterocycles. The minimum atomic E-state index is 0.740. The van der Waals surface area contributed by atoms with Crippen molar-refractivity contribution in [1.29, 1.82) is 5.26 Å². The van der Waals surface area contributed by atoms with E-state index in [1.54, 1.807) is 6.19 Å². The average molecular weight is 189 g/mol. The predicted octanol–water partition coefficient (Wildman–Crippen LogP) is 1.62. The molecule has 0 N–H and O–H groups in total. The number of nitrogens with zero attached hydrogens (tertiary/aromatic N) is 3. The minimum absolute atomic E-state index is 0.740. The van der Waals surface area contributed by atoms with E-state index in [2.05, 4.69) is 4.99 Å². The number of para-hydroxylation sites is 1. The first kappa shape index (κ1) is 8.02. The molecule has 0 unspecified atom stereocenters. The van der Waals surface area contributed by atoms with Crippen LogP contribution in [0.25, 0.3) is 10.2 Å². The second-order valence-electron chi connectivity index (χ2n) is 2.62. The van der Waals surface area contributed by atoms with Crippen molar-refractivity contribution in [3.05, 3.63) is 29.1 Å². The fourth-order valence-corrected chi connectivity index (χ4v) is 2.21. The van der Waals surface area contributed by atoms with E-state index in [4.69, 9.17) is 5.26 Å². The fourth-order valence-electron chi connectivity index (χ4n) is 1.23. The van der Waals surface area contributed by atoms with Crippen LogP contribution in [-0.2, 0) is 7.05 Å². The first-order valence-corrected chi connectivity index (χ1v) is 4.62. The molecule has 2 aromatic rings. The zero-order valence-electron chi connectivity index (χ0n) is 7.06. The molecule has 0 amide bonds. The Hall–Kier alpha value is -1.60. The van der Waals surface area contributed by atoms with Crippen molar-refractivity contribution in [2.45, 2.75) is 0 Å². The quantitative estimate of drug-likeness (QED) is 0.580. The van der Waals surface area contributed by atoms with Gasteiger partial charge in [-0.2, -0.15) is 5.26 Å². The Balaban J connectivity index is 2.91. The lowest BCUT2D eigenvalue weighted by Gasteiger charge is -1.91. The number of rotatable bonds is 0. The summed E-state index contributed by atoms with van der Waals surface area (Å²) >= 11 is 1.52. The highest BCUT2D eigenvalue weighted by Crippen LogP contribution is 2.14. The van der Waals surface area contributed by atoms with Crippen molar-refractivity contribution in [2.24, 2.45) is 12.0 Å². The van der Waals surface area contributed by atoms with Gasteiger partial charge in [0.05, 0.1) is 10.2 Å². The zero-order chi connectivity index (χ0) is 9.26. The normalized spacial score (nSPS) is 11.8. The maximum Gasteiger partial charge on any atom is 0.208 e. The van der Waals surface area contributed by atoms with Gasteiger partial charge in [0.2, 0.25) is 11.0 Å². The number of thiazole rings is 1. The summed E-state index contributed by atoms with van der Waals surface area (Å²) in [6.07, 6.45) is 1.80. The number of aryl methyl sites for hydroxylation is 1. The molecule has 0 saturated carbocycles. The third kappa shape index (κ3) is 1.23. The molecule has 1 aromatic heterocycles. The van der Waals surface area contributed by atoms with Crippen LogP contribution in [0.1, 0.15) is 0 Å². The summed E-state index contributed by atoms with van der Waals surface area (Å²) in [7, 11) is 1.91. The van der Waals surface area contributed by atoms with Crippen molar-refractivity contribution >= 4 is 21.6 Å². The van der Waals surface area contributed by atoms with Crippen molar-refractivity contribution in [3.8, 4) is 6.19 Å². The van der Waals surface area contributed by atoms with Gasteiger partial charge in [-0.3, -0.25) is 0 Å². The van der Waals surface area contributed by atoms with E-state index in [1.807, 2.05) is 35.9 Å². The highest BCUT2D eigenvalue weighted by molar-refractivity contribution is 7.16. The molecule has 0 aliphatic carbocycles. The van der Waals surface area contributed by atoms with Crippen LogP contribution in [0, 0.1) is 11.5 Å². The van der Waals surface area contributed by atoms with Crippen molar-refractivity contribution in [1.82, 2.24) is 4.57 Å². The third-order valence-electron chi connectivity index (χ3n) is 1.86. The van der Waals surface area contributed by atoms with Crippen molar-refractivity contribution in [2.75, 3.05) is 0 Å². The van der Waals surface area contributed by atoms with Crippen LogP contribution < -0.4 is 4.80 Å². The topological polar surface area (TPSA) is 41.1 Å². The van der Waals surface area contributed by atoms with E-state index >= 15 is 0 Å². The molecule has 0 bridgehead atoms. The van der Waals surface area contributed by atoms with Crippen LogP contribution in [0.2, 0.25) is 0 Å². The Bertz CT molecular complexity index is 542. The second kappa shape index (κ2) is 3.04. The molecule has 0 fully saturated rings. The maximum absolute atomic E-state index is 8.45. The highest BCUT2D eigenvalue weighted by atomic mass is 32.1. The van der Waals surface area contributed by atoms with E-state index in [0.717, 1.165) is 15.0 Å². The summed E-state index contributed by atoms with van der Waals surface area (Å²) in [6.45, 7) is 0. The molecular formula is C9H7N3S. The summed E-state index contributed by atoms with van der Waals surface area (Å²) < 4.78 is 3.07. The summed E-state index contributed by atoms with van der Waals surface area (Å²) in [5.41, 5.74) is 1.11. The number of nitriles is 1. The lowest BCUT2D eigenvalue weighted by molar-refractivity contribution is 0.913. The number of aromatic nitrogens is 1. The van der Waals surface area contributed by atoms with E-state index in [-0.39, 0.29) is 0 Å². The van der Waals surface area contributed by atoms with E-state index < -0.39 is 0 Å². The number of fused-ring (bicyclic) bond motifs is 1. The van der Waals surface area contributed by atoms with Gasteiger partial charge in [-0.25, -0.2) is 0 Å². The average Bonchev–Trinajstić information content (AvgIpc) is 2.46. The molecule has 13 heavy (non-hydrogen) atoms. The molecule has 0 aliphatic rings. The summed E-state index contributed by atoms with van der Waals surface area (Å²) in [6, 6.07) is 8.00. The molecule has 3 nitrogen and oxygen atoms in total. The van der Waals surface area contributed by atoms with Gasteiger partial charge in [0.25, 0.3) is 0 Å². The minimum Gasteiger partial charge on any atom is -0.319 e. The third-order valence-corrected chi connectivity index (χ3v) is 2.97. The molecule has 64 valence electrons. The Morgan fingerprint density at radius 2 is 2.23 bits per heavy atom. The smallest absolute Gasteiger partial charge is 0.208 e. The van der Waals surface area contributed by atoms with Crippen molar-refractivity contribution < 1.29 is 0 Å². The molecule has 0 atom stereocenters. The van der Waals surface area contributed by atoms with Crippen LogP contribution in [-0.4, -0.2) is 4.57 Å². The van der Waals surface area contributed by atoms with Gasteiger partial charge in [-0.15, -0.1) is 4.99 Å². The van der Waals surface area contributed by atoms with E-state index in [0.29, 0.717) is 0 Å². The summed E-state index contributed by atoms with van der Waals surface area (Å²) in [4.78, 5) is 4.47. The highest BCUT2D eigenvalue weighted by Gasteiger charge is 1.99. The Morgan fingerprint density at radius 1 is 1.46 bits per heavy atom. The standard InChI is InChI=1S/C9H7N3S/c1-12-7-4-2-3-5-8(7)13-9(12)11-6-10/h2-5H,1H3/b11-9+. The largest absolute Gasteiger partial charge is 0.319 e. The van der Waals surface area contributed by atoms with E-state index in [9.17, 15) is 0 Å². The second-order valence-corrected chi connectivity index (χ2v) is 3.63. The number of benzene rings is 1. The van der Waals surface area contributed by atoms with Crippen LogP contribution in [0.3, 0.4) is 0 Å². The lowest BCUT2D eigenvalue weighted by Crippen LogP contribution is -2.08. The molecule has 0 spiro atoms. The summed E-state index contributed by atoms with van der Waals surface area (Å²) in [5, 5.41) is 8.45. The van der Waals surface area contributed by atoms with Gasteiger partial charge in [0.15, 0.2) is 0 Å². The molecule has 4 heteroatoms. The number of hydrogen-bond donors (Lipinski definition) is 0. The number of hydrogen-bond acceptors (Lipinski definition) is 3.